The molecule has 0 unspecified atom stereocenters. The summed E-state index contributed by atoms with van der Waals surface area (Å²) < 4.78 is 0. The van der Waals surface area contributed by atoms with Gasteiger partial charge in [0, 0.05) is 22.7 Å². The van der Waals surface area contributed by atoms with Gasteiger partial charge in [0.15, 0.2) is 0 Å². The molecule has 100 valence electrons. The van der Waals surface area contributed by atoms with Crippen LogP contribution in [0.25, 0.3) is 11.1 Å². The van der Waals surface area contributed by atoms with Crippen molar-refractivity contribution in [2.75, 3.05) is 5.32 Å². The zero-order valence-corrected chi connectivity index (χ0v) is 12.3. The van der Waals surface area contributed by atoms with E-state index in [0.717, 1.165) is 6.54 Å². The first kappa shape index (κ1) is 12.9. The van der Waals surface area contributed by atoms with Crippen LogP contribution in [0.2, 0.25) is 0 Å². The van der Waals surface area contributed by atoms with Crippen molar-refractivity contribution >= 4 is 17.0 Å². The van der Waals surface area contributed by atoms with Crippen molar-refractivity contribution in [1.82, 2.24) is 0 Å². The first-order valence-electron chi connectivity index (χ1n) is 6.76. The largest absolute Gasteiger partial charge is 0.380 e. The van der Waals surface area contributed by atoms with Crippen molar-refractivity contribution < 1.29 is 0 Å². The molecular weight excluding hydrogens is 262 g/mol. The highest BCUT2D eigenvalue weighted by Crippen LogP contribution is 2.28. The topological polar surface area (TPSA) is 12.0 Å². The second kappa shape index (κ2) is 5.93. The van der Waals surface area contributed by atoms with E-state index in [9.17, 15) is 0 Å². The molecule has 0 saturated carbocycles. The molecule has 2 heteroatoms. The molecule has 3 aromatic rings. The number of nitrogens with one attached hydrogen (secondary N) is 1. The number of rotatable bonds is 4. The quantitative estimate of drug-likeness (QED) is 0.680. The Bertz CT molecular complexity index is 685. The van der Waals surface area contributed by atoms with Gasteiger partial charge in [-0.15, -0.1) is 11.3 Å². The molecule has 0 spiro atoms. The molecule has 1 heterocycles. The minimum atomic E-state index is 0.882. The van der Waals surface area contributed by atoms with Gasteiger partial charge in [0.1, 0.15) is 0 Å². The van der Waals surface area contributed by atoms with E-state index < -0.39 is 0 Å². The highest BCUT2D eigenvalue weighted by molar-refractivity contribution is 7.10. The number of thiophene rings is 1. The predicted molar refractivity (Wildman–Crippen MR) is 88.3 cm³/mol. The minimum Gasteiger partial charge on any atom is -0.380 e. The van der Waals surface area contributed by atoms with Crippen molar-refractivity contribution in [3.8, 4) is 11.1 Å². The van der Waals surface area contributed by atoms with Gasteiger partial charge in [-0.3, -0.25) is 0 Å². The lowest BCUT2D eigenvalue weighted by Crippen LogP contribution is -2.00. The minimum absolute atomic E-state index is 0.882. The molecule has 0 fully saturated rings. The Labute approximate surface area is 123 Å². The highest BCUT2D eigenvalue weighted by atomic mass is 32.1. The Hall–Kier alpha value is -2.06. The van der Waals surface area contributed by atoms with Crippen LogP contribution < -0.4 is 5.32 Å². The van der Waals surface area contributed by atoms with Gasteiger partial charge in [-0.25, -0.2) is 0 Å². The van der Waals surface area contributed by atoms with E-state index in [1.165, 1.54) is 27.3 Å². The van der Waals surface area contributed by atoms with Crippen molar-refractivity contribution in [1.29, 1.82) is 0 Å². The maximum Gasteiger partial charge on any atom is 0.0497 e. The van der Waals surface area contributed by atoms with E-state index in [4.69, 9.17) is 0 Å². The van der Waals surface area contributed by atoms with Crippen molar-refractivity contribution in [3.05, 3.63) is 76.5 Å². The van der Waals surface area contributed by atoms with E-state index in [1.54, 1.807) is 0 Å². The summed E-state index contributed by atoms with van der Waals surface area (Å²) in [6, 6.07) is 21.2. The van der Waals surface area contributed by atoms with Gasteiger partial charge in [-0.05, 0) is 35.6 Å². The summed E-state index contributed by atoms with van der Waals surface area (Å²) in [5.74, 6) is 0. The molecule has 0 bridgehead atoms. The fraction of sp³-hybridized carbons (Fsp3) is 0.111. The van der Waals surface area contributed by atoms with Gasteiger partial charge < -0.3 is 5.32 Å². The van der Waals surface area contributed by atoms with Crippen LogP contribution in [0.1, 0.15) is 10.4 Å². The Morgan fingerprint density at radius 3 is 2.40 bits per heavy atom. The molecule has 20 heavy (non-hydrogen) atoms. The van der Waals surface area contributed by atoms with Gasteiger partial charge in [-0.2, -0.15) is 0 Å². The van der Waals surface area contributed by atoms with Gasteiger partial charge in [-0.1, -0.05) is 48.5 Å². The first-order chi connectivity index (χ1) is 9.84. The SMILES string of the molecule is Cc1ccsc1CNc1ccccc1-c1ccccc1. The summed E-state index contributed by atoms with van der Waals surface area (Å²) in [5.41, 5.74) is 5.05. The van der Waals surface area contributed by atoms with Crippen molar-refractivity contribution in [2.45, 2.75) is 13.5 Å². The molecule has 0 atom stereocenters. The molecule has 1 N–H and O–H groups in total. The standard InChI is InChI=1S/C18H17NS/c1-14-11-12-20-18(14)13-19-17-10-6-5-9-16(17)15-7-3-2-4-8-15/h2-12,19H,13H2,1H3. The lowest BCUT2D eigenvalue weighted by molar-refractivity contribution is 1.17. The van der Waals surface area contributed by atoms with E-state index in [1.807, 2.05) is 11.3 Å². The van der Waals surface area contributed by atoms with Crippen LogP contribution in [-0.4, -0.2) is 0 Å². The first-order valence-corrected chi connectivity index (χ1v) is 7.64. The fourth-order valence-corrected chi connectivity index (χ4v) is 3.11. The van der Waals surface area contributed by atoms with Gasteiger partial charge in [0.25, 0.3) is 0 Å². The number of para-hydroxylation sites is 1. The summed E-state index contributed by atoms with van der Waals surface area (Å²) >= 11 is 1.81. The Morgan fingerprint density at radius 1 is 0.900 bits per heavy atom. The summed E-state index contributed by atoms with van der Waals surface area (Å²) in [6.07, 6.45) is 0. The third-order valence-corrected chi connectivity index (χ3v) is 4.44. The van der Waals surface area contributed by atoms with E-state index >= 15 is 0 Å². The molecule has 0 amide bonds. The summed E-state index contributed by atoms with van der Waals surface area (Å²) in [4.78, 5) is 1.40. The molecule has 1 aromatic heterocycles. The van der Waals surface area contributed by atoms with Crippen molar-refractivity contribution in [3.63, 3.8) is 0 Å². The molecule has 0 radical (unpaired) electrons. The van der Waals surface area contributed by atoms with Gasteiger partial charge in [0.2, 0.25) is 0 Å². The number of aryl methyl sites for hydroxylation is 1. The number of anilines is 1. The van der Waals surface area contributed by atoms with Crippen LogP contribution in [0, 0.1) is 6.92 Å². The van der Waals surface area contributed by atoms with Crippen LogP contribution in [0.15, 0.2) is 66.0 Å². The van der Waals surface area contributed by atoms with Crippen LogP contribution in [0.4, 0.5) is 5.69 Å². The van der Waals surface area contributed by atoms with Crippen LogP contribution in [0.5, 0.6) is 0 Å². The highest BCUT2D eigenvalue weighted by Gasteiger charge is 2.05. The predicted octanol–water partition coefficient (Wildman–Crippen LogP) is 5.34. The third-order valence-electron chi connectivity index (χ3n) is 3.42. The lowest BCUT2D eigenvalue weighted by atomic mass is 10.0. The number of hydrogen-bond donors (Lipinski definition) is 1. The molecule has 2 aromatic carbocycles. The van der Waals surface area contributed by atoms with Gasteiger partial charge >= 0.3 is 0 Å². The molecule has 0 saturated heterocycles. The molecule has 0 aliphatic heterocycles. The van der Waals surface area contributed by atoms with Crippen LogP contribution >= 0.6 is 11.3 Å². The smallest absolute Gasteiger partial charge is 0.0497 e. The van der Waals surface area contributed by atoms with Crippen molar-refractivity contribution in [2.24, 2.45) is 0 Å². The van der Waals surface area contributed by atoms with Crippen LogP contribution in [-0.2, 0) is 6.54 Å². The second-order valence-corrected chi connectivity index (χ2v) is 5.79. The summed E-state index contributed by atoms with van der Waals surface area (Å²) in [6.45, 7) is 3.05. The van der Waals surface area contributed by atoms with Gasteiger partial charge in [0.05, 0.1) is 0 Å². The Balaban J connectivity index is 1.85. The monoisotopic (exact) mass is 279 g/mol. The van der Waals surface area contributed by atoms with Crippen LogP contribution in [0.3, 0.4) is 0 Å². The summed E-state index contributed by atoms with van der Waals surface area (Å²) in [5, 5.41) is 5.71. The van der Waals surface area contributed by atoms with E-state index in [-0.39, 0.29) is 0 Å². The molecule has 3 rings (SSSR count). The lowest BCUT2D eigenvalue weighted by Gasteiger charge is -2.12. The fourth-order valence-electron chi connectivity index (χ4n) is 2.27. The average Bonchev–Trinajstić information content (AvgIpc) is 2.92. The molecule has 0 aliphatic carbocycles. The van der Waals surface area contributed by atoms with E-state index in [2.05, 4.69) is 78.3 Å². The average molecular weight is 279 g/mol. The number of benzene rings is 2. The molecule has 0 aliphatic rings. The normalized spacial score (nSPS) is 10.4. The Morgan fingerprint density at radius 2 is 1.65 bits per heavy atom. The maximum atomic E-state index is 3.57. The zero-order valence-electron chi connectivity index (χ0n) is 11.5. The number of hydrogen-bond acceptors (Lipinski definition) is 2. The van der Waals surface area contributed by atoms with E-state index in [0.29, 0.717) is 0 Å². The Kier molecular flexibility index (Phi) is 3.84. The molecule has 1 nitrogen and oxygen atoms in total. The summed E-state index contributed by atoms with van der Waals surface area (Å²) in [7, 11) is 0. The third kappa shape index (κ3) is 2.75. The maximum absolute atomic E-state index is 3.57. The molecular formula is C18H17NS. The second-order valence-electron chi connectivity index (χ2n) is 4.79. The zero-order chi connectivity index (χ0) is 13.8.